The molecule has 3 nitrogen and oxygen atoms in total. The number of rotatable bonds is 3. The van der Waals surface area contributed by atoms with Crippen LogP contribution in [0.25, 0.3) is 11.4 Å². The molecule has 1 radical (unpaired) electrons. The summed E-state index contributed by atoms with van der Waals surface area (Å²) in [6.45, 7) is 1.94. The molecule has 0 fully saturated rings. The molecular weight excluding hydrogens is 325 g/mol. The van der Waals surface area contributed by atoms with Gasteiger partial charge in [-0.15, -0.1) is 0 Å². The molecule has 6 heteroatoms. The van der Waals surface area contributed by atoms with Crippen molar-refractivity contribution in [2.75, 3.05) is 5.32 Å². The molecule has 105 valence electrons. The molecule has 0 saturated heterocycles. The van der Waals surface area contributed by atoms with E-state index in [9.17, 15) is 0 Å². The van der Waals surface area contributed by atoms with Gasteiger partial charge in [-0.05, 0) is 42.2 Å². The van der Waals surface area contributed by atoms with Crippen LogP contribution in [0.2, 0.25) is 10.0 Å². The maximum atomic E-state index is 6.34. The Hall–Kier alpha value is -1.62. The van der Waals surface area contributed by atoms with Crippen molar-refractivity contribution >= 4 is 46.1 Å². The van der Waals surface area contributed by atoms with Gasteiger partial charge in [0.05, 0.1) is 15.7 Å². The quantitative estimate of drug-likeness (QED) is 0.700. The number of halogens is 2. The van der Waals surface area contributed by atoms with Gasteiger partial charge >= 0.3 is 0 Å². The minimum absolute atomic E-state index is 0.568. The third-order valence-corrected chi connectivity index (χ3v) is 4.28. The average Bonchev–Trinajstić information content (AvgIpc) is 3.02. The van der Waals surface area contributed by atoms with E-state index in [4.69, 9.17) is 23.2 Å². The summed E-state index contributed by atoms with van der Waals surface area (Å²) in [5, 5.41) is 4.46. The summed E-state index contributed by atoms with van der Waals surface area (Å²) >= 11 is 13.8. The minimum atomic E-state index is 0.568. The maximum Gasteiger partial charge on any atom is 0.175 e. The molecule has 3 rings (SSSR count). The lowest BCUT2D eigenvalue weighted by Gasteiger charge is -2.14. The van der Waals surface area contributed by atoms with E-state index in [1.165, 1.54) is 11.5 Å². The summed E-state index contributed by atoms with van der Waals surface area (Å²) in [6.07, 6.45) is 0. The van der Waals surface area contributed by atoms with Crippen LogP contribution in [0.1, 0.15) is 5.56 Å². The van der Waals surface area contributed by atoms with Gasteiger partial charge in [0.15, 0.2) is 11.3 Å². The SMILES string of the molecule is Cc1ccc(Cl)c(Nc2ccccc2-c2n[c]sn2)c1Cl. The number of nitrogens with zero attached hydrogens (tertiary/aromatic N) is 2. The van der Waals surface area contributed by atoms with Gasteiger partial charge in [-0.3, -0.25) is 0 Å². The molecule has 1 N–H and O–H groups in total. The van der Waals surface area contributed by atoms with Crippen LogP contribution in [0.4, 0.5) is 11.4 Å². The Labute approximate surface area is 136 Å². The molecule has 0 aliphatic heterocycles. The normalized spacial score (nSPS) is 10.6. The van der Waals surface area contributed by atoms with E-state index in [0.717, 1.165) is 16.8 Å². The highest BCUT2D eigenvalue weighted by Crippen LogP contribution is 2.37. The summed E-state index contributed by atoms with van der Waals surface area (Å²) in [5.74, 6) is 0.628. The van der Waals surface area contributed by atoms with Crippen LogP contribution in [0.5, 0.6) is 0 Å². The van der Waals surface area contributed by atoms with Crippen LogP contribution in [0.3, 0.4) is 0 Å². The predicted octanol–water partition coefficient (Wildman–Crippen LogP) is 5.36. The number of anilines is 2. The van der Waals surface area contributed by atoms with Gasteiger partial charge < -0.3 is 5.32 Å². The first kappa shape index (κ1) is 14.3. The minimum Gasteiger partial charge on any atom is -0.352 e. The fraction of sp³-hybridized carbons (Fsp3) is 0.0667. The van der Waals surface area contributed by atoms with Gasteiger partial charge in [0, 0.05) is 11.3 Å². The Morgan fingerprint density at radius 3 is 2.71 bits per heavy atom. The maximum absolute atomic E-state index is 6.34. The highest BCUT2D eigenvalue weighted by Gasteiger charge is 2.13. The van der Waals surface area contributed by atoms with E-state index in [0.29, 0.717) is 21.6 Å². The second kappa shape index (κ2) is 6.02. The molecule has 1 aromatic heterocycles. The van der Waals surface area contributed by atoms with Crippen molar-refractivity contribution in [3.05, 3.63) is 57.5 Å². The second-order valence-corrected chi connectivity index (χ2v) is 5.77. The van der Waals surface area contributed by atoms with Crippen molar-refractivity contribution in [1.29, 1.82) is 0 Å². The summed E-state index contributed by atoms with van der Waals surface area (Å²) in [4.78, 5) is 4.13. The van der Waals surface area contributed by atoms with E-state index < -0.39 is 0 Å². The highest BCUT2D eigenvalue weighted by molar-refractivity contribution is 7.02. The van der Waals surface area contributed by atoms with Crippen LogP contribution in [0, 0.1) is 12.4 Å². The lowest BCUT2D eigenvalue weighted by atomic mass is 10.1. The monoisotopic (exact) mass is 334 g/mol. The van der Waals surface area contributed by atoms with E-state index in [2.05, 4.69) is 20.2 Å². The first-order valence-electron chi connectivity index (χ1n) is 6.17. The zero-order valence-corrected chi connectivity index (χ0v) is 13.4. The third-order valence-electron chi connectivity index (χ3n) is 3.04. The fourth-order valence-corrected chi connectivity index (χ4v) is 2.81. The number of benzene rings is 2. The van der Waals surface area contributed by atoms with Gasteiger partial charge in [-0.1, -0.05) is 41.4 Å². The number of nitrogens with one attached hydrogen (secondary N) is 1. The first-order valence-corrected chi connectivity index (χ1v) is 7.70. The van der Waals surface area contributed by atoms with Crippen LogP contribution >= 0.6 is 34.7 Å². The van der Waals surface area contributed by atoms with Crippen LogP contribution in [0.15, 0.2) is 36.4 Å². The molecule has 0 atom stereocenters. The molecular formula is C15H10Cl2N3S. The molecule has 0 amide bonds. The van der Waals surface area contributed by atoms with Gasteiger partial charge in [0.25, 0.3) is 0 Å². The molecule has 0 unspecified atom stereocenters. The van der Waals surface area contributed by atoms with Crippen molar-refractivity contribution in [1.82, 2.24) is 9.36 Å². The Morgan fingerprint density at radius 2 is 1.95 bits per heavy atom. The van der Waals surface area contributed by atoms with Gasteiger partial charge in [-0.25, -0.2) is 4.98 Å². The highest BCUT2D eigenvalue weighted by atomic mass is 35.5. The largest absolute Gasteiger partial charge is 0.352 e. The van der Waals surface area contributed by atoms with Crippen molar-refractivity contribution in [2.45, 2.75) is 6.92 Å². The summed E-state index contributed by atoms with van der Waals surface area (Å²) in [5.41, 5.74) is 6.12. The summed E-state index contributed by atoms with van der Waals surface area (Å²) in [7, 11) is 0. The number of aryl methyl sites for hydroxylation is 1. The Bertz CT molecular complexity index is 773. The molecule has 21 heavy (non-hydrogen) atoms. The van der Waals surface area contributed by atoms with Crippen LogP contribution in [-0.4, -0.2) is 9.36 Å². The van der Waals surface area contributed by atoms with E-state index in [1.807, 2.05) is 43.3 Å². The number of para-hydroxylation sites is 1. The van der Waals surface area contributed by atoms with Crippen LogP contribution in [-0.2, 0) is 0 Å². The topological polar surface area (TPSA) is 37.8 Å². The Balaban J connectivity index is 2.06. The van der Waals surface area contributed by atoms with Crippen molar-refractivity contribution in [2.24, 2.45) is 0 Å². The first-order chi connectivity index (χ1) is 10.2. The zero-order valence-electron chi connectivity index (χ0n) is 11.0. The standard InChI is InChI=1S/C15H10Cl2N3S/c1-9-6-7-11(16)14(13(9)17)19-12-5-3-2-4-10(12)15-18-8-21-20-15/h2-7,19H,1H3. The van der Waals surface area contributed by atoms with E-state index in [1.54, 1.807) is 0 Å². The molecule has 0 saturated carbocycles. The third kappa shape index (κ3) is 2.88. The Morgan fingerprint density at radius 1 is 1.14 bits per heavy atom. The average molecular weight is 335 g/mol. The Kier molecular flexibility index (Phi) is 4.10. The lowest BCUT2D eigenvalue weighted by molar-refractivity contribution is 1.32. The van der Waals surface area contributed by atoms with Gasteiger partial charge in [0.2, 0.25) is 0 Å². The fourth-order valence-electron chi connectivity index (χ4n) is 1.95. The molecule has 2 aromatic carbocycles. The molecule has 0 spiro atoms. The molecule has 0 aliphatic rings. The second-order valence-electron chi connectivity index (χ2n) is 4.43. The molecule has 1 heterocycles. The molecule has 0 aliphatic carbocycles. The zero-order chi connectivity index (χ0) is 14.8. The lowest BCUT2D eigenvalue weighted by Crippen LogP contribution is -1.96. The van der Waals surface area contributed by atoms with E-state index in [-0.39, 0.29) is 0 Å². The molecule has 0 bridgehead atoms. The smallest absolute Gasteiger partial charge is 0.175 e. The summed E-state index contributed by atoms with van der Waals surface area (Å²) in [6, 6.07) is 11.4. The van der Waals surface area contributed by atoms with Crippen molar-refractivity contribution in [3.8, 4) is 11.4 Å². The predicted molar refractivity (Wildman–Crippen MR) is 88.7 cm³/mol. The number of hydrogen-bond acceptors (Lipinski definition) is 4. The number of hydrogen-bond donors (Lipinski definition) is 1. The van der Waals surface area contributed by atoms with Crippen molar-refractivity contribution in [3.63, 3.8) is 0 Å². The van der Waals surface area contributed by atoms with Gasteiger partial charge in [-0.2, -0.15) is 4.37 Å². The van der Waals surface area contributed by atoms with Gasteiger partial charge in [0.1, 0.15) is 0 Å². The van der Waals surface area contributed by atoms with Crippen molar-refractivity contribution < 1.29 is 0 Å². The summed E-state index contributed by atoms with van der Waals surface area (Å²) < 4.78 is 4.22. The number of aromatic nitrogens is 2. The molecule has 3 aromatic rings. The van der Waals surface area contributed by atoms with Crippen LogP contribution < -0.4 is 5.32 Å². The van der Waals surface area contributed by atoms with E-state index >= 15 is 0 Å².